The Morgan fingerprint density at radius 2 is 2.00 bits per heavy atom. The molecule has 2 aliphatic heterocycles. The van der Waals surface area contributed by atoms with Crippen LogP contribution in [0.5, 0.6) is 0 Å². The molecule has 3 nitrogen and oxygen atoms in total. The van der Waals surface area contributed by atoms with Crippen LogP contribution in [0.2, 0.25) is 0 Å². The second-order valence-corrected chi connectivity index (χ2v) is 4.44. The highest BCUT2D eigenvalue weighted by atomic mass is 16.5. The Bertz CT molecular complexity index is 161. The fourth-order valence-electron chi connectivity index (χ4n) is 2.42. The first-order chi connectivity index (χ1) is 6.88. The number of piperidine rings is 1. The minimum Gasteiger partial charge on any atom is -0.380 e. The number of ether oxygens (including phenoxy) is 1. The van der Waals surface area contributed by atoms with Crippen molar-refractivity contribution in [2.75, 3.05) is 32.8 Å². The smallest absolute Gasteiger partial charge is 0.0620 e. The van der Waals surface area contributed by atoms with Crippen molar-refractivity contribution >= 4 is 0 Å². The number of likely N-dealkylation sites (tertiary alicyclic amines) is 1. The first-order valence-electron chi connectivity index (χ1n) is 5.94. The molecule has 2 aliphatic rings. The molecular formula is C11H22N2O. The normalized spacial score (nSPS) is 31.1. The third-order valence-electron chi connectivity index (χ3n) is 3.44. The third kappa shape index (κ3) is 2.69. The number of nitrogens with zero attached hydrogens (tertiary/aromatic N) is 1. The Kier molecular flexibility index (Phi) is 3.79. The Labute approximate surface area is 86.8 Å². The summed E-state index contributed by atoms with van der Waals surface area (Å²) in [7, 11) is 0. The van der Waals surface area contributed by atoms with E-state index in [2.05, 4.69) is 17.1 Å². The van der Waals surface area contributed by atoms with Gasteiger partial charge in [-0.25, -0.2) is 0 Å². The lowest BCUT2D eigenvalue weighted by Crippen LogP contribution is -2.46. The van der Waals surface area contributed by atoms with Gasteiger partial charge in [0.25, 0.3) is 0 Å². The summed E-state index contributed by atoms with van der Waals surface area (Å²) >= 11 is 0. The first kappa shape index (κ1) is 10.4. The van der Waals surface area contributed by atoms with E-state index in [1.165, 1.54) is 38.9 Å². The van der Waals surface area contributed by atoms with Gasteiger partial charge in [0.15, 0.2) is 0 Å². The van der Waals surface area contributed by atoms with Crippen LogP contribution in [0.3, 0.4) is 0 Å². The van der Waals surface area contributed by atoms with E-state index in [9.17, 15) is 0 Å². The molecule has 0 radical (unpaired) electrons. The van der Waals surface area contributed by atoms with Gasteiger partial charge in [-0.1, -0.05) is 6.92 Å². The lowest BCUT2D eigenvalue weighted by Gasteiger charge is -2.32. The Morgan fingerprint density at radius 3 is 2.57 bits per heavy atom. The summed E-state index contributed by atoms with van der Waals surface area (Å²) < 4.78 is 5.37. The molecule has 1 N–H and O–H groups in total. The summed E-state index contributed by atoms with van der Waals surface area (Å²) in [5.41, 5.74) is 0. The summed E-state index contributed by atoms with van der Waals surface area (Å²) in [6.07, 6.45) is 3.82. The highest BCUT2D eigenvalue weighted by Crippen LogP contribution is 2.13. The van der Waals surface area contributed by atoms with Crippen LogP contribution >= 0.6 is 0 Å². The molecule has 3 heteroatoms. The maximum Gasteiger partial charge on any atom is 0.0620 e. The summed E-state index contributed by atoms with van der Waals surface area (Å²) in [5, 5.41) is 3.71. The van der Waals surface area contributed by atoms with Gasteiger partial charge in [0.05, 0.1) is 6.61 Å². The van der Waals surface area contributed by atoms with Crippen LogP contribution < -0.4 is 5.32 Å². The van der Waals surface area contributed by atoms with E-state index in [1.54, 1.807) is 0 Å². The predicted octanol–water partition coefficient (Wildman–Crippen LogP) is 0.849. The zero-order valence-corrected chi connectivity index (χ0v) is 9.17. The van der Waals surface area contributed by atoms with E-state index in [0.717, 1.165) is 19.3 Å². The largest absolute Gasteiger partial charge is 0.380 e. The SMILES string of the molecule is CCN1CCC(NC2CCOC2)CC1. The molecule has 0 amide bonds. The number of hydrogen-bond acceptors (Lipinski definition) is 3. The van der Waals surface area contributed by atoms with Gasteiger partial charge in [-0.15, -0.1) is 0 Å². The molecule has 2 rings (SSSR count). The lowest BCUT2D eigenvalue weighted by atomic mass is 10.0. The first-order valence-corrected chi connectivity index (χ1v) is 5.94. The molecule has 0 aromatic rings. The fraction of sp³-hybridized carbons (Fsp3) is 1.00. The molecule has 0 bridgehead atoms. The molecule has 0 aromatic heterocycles. The highest BCUT2D eigenvalue weighted by Gasteiger charge is 2.22. The second kappa shape index (κ2) is 5.10. The third-order valence-corrected chi connectivity index (χ3v) is 3.44. The minimum atomic E-state index is 0.633. The molecule has 0 saturated carbocycles. The van der Waals surface area contributed by atoms with Gasteiger partial charge in [0.2, 0.25) is 0 Å². The van der Waals surface area contributed by atoms with Gasteiger partial charge in [-0.05, 0) is 38.9 Å². The summed E-state index contributed by atoms with van der Waals surface area (Å²) in [6, 6.07) is 1.37. The van der Waals surface area contributed by atoms with Crippen molar-refractivity contribution in [2.24, 2.45) is 0 Å². The number of hydrogen-bond donors (Lipinski definition) is 1. The lowest BCUT2D eigenvalue weighted by molar-refractivity contribution is 0.174. The van der Waals surface area contributed by atoms with Gasteiger partial charge in [-0.2, -0.15) is 0 Å². The fourth-order valence-corrected chi connectivity index (χ4v) is 2.42. The molecule has 1 unspecified atom stereocenters. The molecule has 82 valence electrons. The zero-order valence-electron chi connectivity index (χ0n) is 9.17. The van der Waals surface area contributed by atoms with Crippen LogP contribution in [0, 0.1) is 0 Å². The Hall–Kier alpha value is -0.120. The maximum absolute atomic E-state index is 5.37. The van der Waals surface area contributed by atoms with Crippen molar-refractivity contribution < 1.29 is 4.74 Å². The van der Waals surface area contributed by atoms with Crippen LogP contribution in [0.1, 0.15) is 26.2 Å². The number of rotatable bonds is 3. The van der Waals surface area contributed by atoms with Crippen LogP contribution in [0.4, 0.5) is 0 Å². The maximum atomic E-state index is 5.37. The summed E-state index contributed by atoms with van der Waals surface area (Å²) in [6.45, 7) is 7.86. The predicted molar refractivity (Wildman–Crippen MR) is 57.5 cm³/mol. The summed E-state index contributed by atoms with van der Waals surface area (Å²) in [5.74, 6) is 0. The molecule has 2 heterocycles. The Balaban J connectivity index is 1.67. The Morgan fingerprint density at radius 1 is 1.21 bits per heavy atom. The minimum absolute atomic E-state index is 0.633. The number of nitrogens with one attached hydrogen (secondary N) is 1. The van der Waals surface area contributed by atoms with Gasteiger partial charge < -0.3 is 15.0 Å². The average molecular weight is 198 g/mol. The van der Waals surface area contributed by atoms with Crippen LogP contribution in [-0.2, 0) is 4.74 Å². The highest BCUT2D eigenvalue weighted by molar-refractivity contribution is 4.81. The molecule has 14 heavy (non-hydrogen) atoms. The van der Waals surface area contributed by atoms with Gasteiger partial charge in [-0.3, -0.25) is 0 Å². The molecular weight excluding hydrogens is 176 g/mol. The van der Waals surface area contributed by atoms with E-state index in [4.69, 9.17) is 4.74 Å². The van der Waals surface area contributed by atoms with Crippen molar-refractivity contribution in [1.82, 2.24) is 10.2 Å². The van der Waals surface area contributed by atoms with E-state index in [0.29, 0.717) is 6.04 Å². The van der Waals surface area contributed by atoms with E-state index in [1.807, 2.05) is 0 Å². The van der Waals surface area contributed by atoms with Gasteiger partial charge in [0.1, 0.15) is 0 Å². The molecule has 0 aliphatic carbocycles. The topological polar surface area (TPSA) is 24.5 Å². The standard InChI is InChI=1S/C11H22N2O/c1-2-13-6-3-10(4-7-13)12-11-5-8-14-9-11/h10-12H,2-9H2,1H3. The van der Waals surface area contributed by atoms with Crippen LogP contribution in [-0.4, -0.2) is 49.8 Å². The van der Waals surface area contributed by atoms with Crippen LogP contribution in [0.15, 0.2) is 0 Å². The van der Waals surface area contributed by atoms with Crippen molar-refractivity contribution in [2.45, 2.75) is 38.3 Å². The quantitative estimate of drug-likeness (QED) is 0.727. The van der Waals surface area contributed by atoms with Crippen molar-refractivity contribution in [1.29, 1.82) is 0 Å². The summed E-state index contributed by atoms with van der Waals surface area (Å²) in [4.78, 5) is 2.53. The molecule has 1 atom stereocenters. The van der Waals surface area contributed by atoms with Crippen molar-refractivity contribution in [3.8, 4) is 0 Å². The van der Waals surface area contributed by atoms with Gasteiger partial charge in [0, 0.05) is 18.7 Å². The molecule has 0 aromatic carbocycles. The molecule has 2 fully saturated rings. The average Bonchev–Trinajstić information content (AvgIpc) is 2.72. The molecule has 2 saturated heterocycles. The molecule has 0 spiro atoms. The van der Waals surface area contributed by atoms with E-state index < -0.39 is 0 Å². The second-order valence-electron chi connectivity index (χ2n) is 4.44. The zero-order chi connectivity index (χ0) is 9.80. The van der Waals surface area contributed by atoms with E-state index >= 15 is 0 Å². The van der Waals surface area contributed by atoms with Gasteiger partial charge >= 0.3 is 0 Å². The van der Waals surface area contributed by atoms with Crippen molar-refractivity contribution in [3.63, 3.8) is 0 Å². The monoisotopic (exact) mass is 198 g/mol. The van der Waals surface area contributed by atoms with E-state index in [-0.39, 0.29) is 0 Å². The van der Waals surface area contributed by atoms with Crippen LogP contribution in [0.25, 0.3) is 0 Å². The van der Waals surface area contributed by atoms with Crippen molar-refractivity contribution in [3.05, 3.63) is 0 Å².